The van der Waals surface area contributed by atoms with Gasteiger partial charge in [-0.3, -0.25) is 9.59 Å². The van der Waals surface area contributed by atoms with E-state index in [1.165, 1.54) is 6.92 Å². The normalized spacial score (nSPS) is 11.2. The van der Waals surface area contributed by atoms with Gasteiger partial charge >= 0.3 is 5.97 Å². The van der Waals surface area contributed by atoms with Gasteiger partial charge in [0, 0.05) is 5.69 Å². The Hall–Kier alpha value is -3.13. The smallest absolute Gasteiger partial charge is 0.311 e. The summed E-state index contributed by atoms with van der Waals surface area (Å²) in [6, 6.07) is 16.0. The summed E-state index contributed by atoms with van der Waals surface area (Å²) in [6.45, 7) is 3.49. The van der Waals surface area contributed by atoms with Gasteiger partial charge in [-0.2, -0.15) is 5.26 Å². The van der Waals surface area contributed by atoms with Crippen molar-refractivity contribution >= 4 is 17.6 Å². The molecule has 0 fully saturated rings. The maximum atomic E-state index is 12.0. The molecule has 0 saturated carbocycles. The number of carbonyl (C=O) groups excluding carboxylic acids is 2. The van der Waals surface area contributed by atoms with E-state index in [1.54, 1.807) is 24.3 Å². The Kier molecular flexibility index (Phi) is 5.69. The van der Waals surface area contributed by atoms with E-state index in [4.69, 9.17) is 10.00 Å². The summed E-state index contributed by atoms with van der Waals surface area (Å²) in [5, 5.41) is 11.4. The summed E-state index contributed by atoms with van der Waals surface area (Å²) in [4.78, 5) is 24.0. The highest BCUT2D eigenvalue weighted by atomic mass is 16.5. The second kappa shape index (κ2) is 7.93. The number of ether oxygens (including phenoxy) is 1. The van der Waals surface area contributed by atoms with Crippen molar-refractivity contribution in [3.8, 4) is 6.07 Å². The van der Waals surface area contributed by atoms with E-state index in [2.05, 4.69) is 5.32 Å². The van der Waals surface area contributed by atoms with Gasteiger partial charge in [0.15, 0.2) is 6.10 Å². The predicted octanol–water partition coefficient (Wildman–Crippen LogP) is 2.98. The number of nitriles is 1. The van der Waals surface area contributed by atoms with Crippen molar-refractivity contribution in [1.82, 2.24) is 0 Å². The lowest BCUT2D eigenvalue weighted by Gasteiger charge is -2.13. The number of amides is 1. The van der Waals surface area contributed by atoms with Gasteiger partial charge in [0.2, 0.25) is 0 Å². The topological polar surface area (TPSA) is 79.2 Å². The zero-order chi connectivity index (χ0) is 17.5. The summed E-state index contributed by atoms with van der Waals surface area (Å²) >= 11 is 0. The molecular formula is C19H18N2O3. The van der Waals surface area contributed by atoms with Crippen LogP contribution in [0, 0.1) is 18.3 Å². The molecule has 1 atom stereocenters. The van der Waals surface area contributed by atoms with Crippen LogP contribution >= 0.6 is 0 Å². The van der Waals surface area contributed by atoms with Gasteiger partial charge in [-0.1, -0.05) is 29.8 Å². The maximum absolute atomic E-state index is 12.0. The fraction of sp³-hybridized carbons (Fsp3) is 0.211. The molecule has 122 valence electrons. The van der Waals surface area contributed by atoms with Crippen LogP contribution in [0.25, 0.3) is 0 Å². The van der Waals surface area contributed by atoms with Gasteiger partial charge in [-0.05, 0) is 43.7 Å². The molecule has 0 aliphatic rings. The highest BCUT2D eigenvalue weighted by molar-refractivity contribution is 5.95. The van der Waals surface area contributed by atoms with E-state index in [1.807, 2.05) is 37.3 Å². The quantitative estimate of drug-likeness (QED) is 0.858. The molecule has 2 aromatic carbocycles. The lowest BCUT2D eigenvalue weighted by atomic mass is 10.1. The highest BCUT2D eigenvalue weighted by Crippen LogP contribution is 2.10. The first-order valence-electron chi connectivity index (χ1n) is 7.54. The average Bonchev–Trinajstić information content (AvgIpc) is 2.57. The lowest BCUT2D eigenvalue weighted by molar-refractivity contribution is -0.152. The molecule has 0 bridgehead atoms. The van der Waals surface area contributed by atoms with E-state index in [-0.39, 0.29) is 6.42 Å². The number of hydrogen-bond donors (Lipinski definition) is 1. The van der Waals surface area contributed by atoms with E-state index < -0.39 is 18.0 Å². The van der Waals surface area contributed by atoms with Crippen LogP contribution in [0.5, 0.6) is 0 Å². The Morgan fingerprint density at radius 1 is 1.12 bits per heavy atom. The monoisotopic (exact) mass is 322 g/mol. The van der Waals surface area contributed by atoms with Gasteiger partial charge in [-0.15, -0.1) is 0 Å². The second-order valence-electron chi connectivity index (χ2n) is 5.47. The zero-order valence-electron chi connectivity index (χ0n) is 13.6. The molecule has 0 aliphatic heterocycles. The molecule has 1 N–H and O–H groups in total. The molecule has 5 nitrogen and oxygen atoms in total. The lowest BCUT2D eigenvalue weighted by Crippen LogP contribution is -2.30. The molecule has 0 saturated heterocycles. The van der Waals surface area contributed by atoms with Crippen molar-refractivity contribution in [1.29, 1.82) is 5.26 Å². The van der Waals surface area contributed by atoms with E-state index in [0.29, 0.717) is 11.3 Å². The van der Waals surface area contributed by atoms with Crippen LogP contribution in [0.15, 0.2) is 48.5 Å². The Bertz CT molecular complexity index is 759. The van der Waals surface area contributed by atoms with Gasteiger partial charge in [0.1, 0.15) is 0 Å². The minimum Gasteiger partial charge on any atom is -0.452 e. The van der Waals surface area contributed by atoms with Crippen LogP contribution < -0.4 is 5.32 Å². The molecule has 2 rings (SSSR count). The Balaban J connectivity index is 1.87. The van der Waals surface area contributed by atoms with Crippen LogP contribution in [0.4, 0.5) is 5.69 Å². The summed E-state index contributed by atoms with van der Waals surface area (Å²) in [6.07, 6.45) is -0.784. The Morgan fingerprint density at radius 3 is 2.33 bits per heavy atom. The molecule has 0 radical (unpaired) electrons. The average molecular weight is 322 g/mol. The van der Waals surface area contributed by atoms with Gasteiger partial charge in [0.25, 0.3) is 5.91 Å². The molecule has 0 aromatic heterocycles. The molecule has 0 heterocycles. The van der Waals surface area contributed by atoms with Crippen LogP contribution in [-0.4, -0.2) is 18.0 Å². The molecule has 0 aliphatic carbocycles. The Labute approximate surface area is 140 Å². The van der Waals surface area contributed by atoms with Crippen LogP contribution in [0.1, 0.15) is 23.6 Å². The maximum Gasteiger partial charge on any atom is 0.311 e. The largest absolute Gasteiger partial charge is 0.452 e. The number of hydrogen-bond acceptors (Lipinski definition) is 4. The van der Waals surface area contributed by atoms with E-state index in [9.17, 15) is 9.59 Å². The number of rotatable bonds is 5. The molecule has 1 amide bonds. The SMILES string of the molecule is Cc1ccc(CC(=O)O[C@@H](C)C(=O)Nc2ccc(C#N)cc2)cc1. The van der Waals surface area contributed by atoms with Crippen molar-refractivity contribution in [2.24, 2.45) is 0 Å². The summed E-state index contributed by atoms with van der Waals surface area (Å²) in [5.41, 5.74) is 3.00. The first-order valence-corrected chi connectivity index (χ1v) is 7.54. The second-order valence-corrected chi connectivity index (χ2v) is 5.47. The minimum absolute atomic E-state index is 0.120. The number of nitrogens with one attached hydrogen (secondary N) is 1. The summed E-state index contributed by atoms with van der Waals surface area (Å²) in [5.74, 6) is -0.877. The number of benzene rings is 2. The summed E-state index contributed by atoms with van der Waals surface area (Å²) < 4.78 is 5.16. The molecule has 24 heavy (non-hydrogen) atoms. The van der Waals surface area contributed by atoms with Crippen LogP contribution in [0.2, 0.25) is 0 Å². The molecular weight excluding hydrogens is 304 g/mol. The van der Waals surface area contributed by atoms with Gasteiger partial charge < -0.3 is 10.1 Å². The molecule has 0 spiro atoms. The Morgan fingerprint density at radius 2 is 1.75 bits per heavy atom. The minimum atomic E-state index is -0.904. The third-order valence-electron chi connectivity index (χ3n) is 3.43. The third kappa shape index (κ3) is 4.96. The van der Waals surface area contributed by atoms with E-state index >= 15 is 0 Å². The number of anilines is 1. The number of carbonyl (C=O) groups is 2. The van der Waals surface area contributed by atoms with Crippen molar-refractivity contribution in [3.63, 3.8) is 0 Å². The first kappa shape index (κ1) is 17.2. The third-order valence-corrected chi connectivity index (χ3v) is 3.43. The van der Waals surface area contributed by atoms with Crippen molar-refractivity contribution in [3.05, 3.63) is 65.2 Å². The molecule has 5 heteroatoms. The fourth-order valence-corrected chi connectivity index (χ4v) is 2.04. The number of esters is 1. The molecule has 0 unspecified atom stereocenters. The zero-order valence-corrected chi connectivity index (χ0v) is 13.6. The van der Waals surface area contributed by atoms with Crippen molar-refractivity contribution < 1.29 is 14.3 Å². The summed E-state index contributed by atoms with van der Waals surface area (Å²) in [7, 11) is 0. The molecule has 2 aromatic rings. The highest BCUT2D eigenvalue weighted by Gasteiger charge is 2.18. The first-order chi connectivity index (χ1) is 11.5. The standard InChI is InChI=1S/C19H18N2O3/c1-13-3-5-15(6-4-13)11-18(22)24-14(2)19(23)21-17-9-7-16(12-20)8-10-17/h3-10,14H,11H2,1-2H3,(H,21,23)/t14-/m0/s1. The van der Waals surface area contributed by atoms with Gasteiger partial charge in [0.05, 0.1) is 18.1 Å². The van der Waals surface area contributed by atoms with Crippen LogP contribution in [-0.2, 0) is 20.7 Å². The van der Waals surface area contributed by atoms with E-state index in [0.717, 1.165) is 11.1 Å². The van der Waals surface area contributed by atoms with Crippen molar-refractivity contribution in [2.45, 2.75) is 26.4 Å². The van der Waals surface area contributed by atoms with Crippen LogP contribution in [0.3, 0.4) is 0 Å². The fourth-order valence-electron chi connectivity index (χ4n) is 2.04. The predicted molar refractivity (Wildman–Crippen MR) is 90.2 cm³/mol. The number of aryl methyl sites for hydroxylation is 1. The van der Waals surface area contributed by atoms with Gasteiger partial charge in [-0.25, -0.2) is 0 Å². The van der Waals surface area contributed by atoms with Crippen molar-refractivity contribution in [2.75, 3.05) is 5.32 Å². The number of nitrogens with zero attached hydrogens (tertiary/aromatic N) is 1.